The fourth-order valence-electron chi connectivity index (χ4n) is 2.84. The molecule has 27 heavy (non-hydrogen) atoms. The van der Waals surface area contributed by atoms with Crippen LogP contribution in [0.2, 0.25) is 0 Å². The number of benzene rings is 1. The molecule has 2 aromatic rings. The molecule has 1 heterocycles. The first-order chi connectivity index (χ1) is 13.0. The van der Waals surface area contributed by atoms with Crippen LogP contribution in [0.4, 0.5) is 0 Å². The molecule has 0 spiro atoms. The van der Waals surface area contributed by atoms with Gasteiger partial charge in [-0.15, -0.1) is 0 Å². The number of hydrogen-bond donors (Lipinski definition) is 0. The van der Waals surface area contributed by atoms with Gasteiger partial charge >= 0.3 is 0 Å². The first-order valence-electron chi connectivity index (χ1n) is 9.08. The molecule has 0 saturated carbocycles. The number of nitrogens with zero attached hydrogens (tertiary/aromatic N) is 4. The van der Waals surface area contributed by atoms with Crippen molar-refractivity contribution in [3.8, 4) is 11.4 Å². The van der Waals surface area contributed by atoms with Crippen molar-refractivity contribution in [2.45, 2.75) is 20.3 Å². The summed E-state index contributed by atoms with van der Waals surface area (Å²) in [4.78, 5) is 15.5. The summed E-state index contributed by atoms with van der Waals surface area (Å²) in [5.41, 5.74) is 6.15. The largest absolute Gasteiger partial charge is 0.383 e. The molecular weight excluding hydrogens is 332 g/mol. The average Bonchev–Trinajstić information content (AvgIpc) is 2.66. The minimum absolute atomic E-state index is 0.718. The van der Waals surface area contributed by atoms with Crippen LogP contribution in [0.25, 0.3) is 22.5 Å². The Labute approximate surface area is 162 Å². The third-order valence-corrected chi connectivity index (χ3v) is 4.05. The van der Waals surface area contributed by atoms with Crippen LogP contribution in [-0.2, 0) is 0 Å². The quantitative estimate of drug-likeness (QED) is 0.513. The van der Waals surface area contributed by atoms with Crippen LogP contribution in [-0.4, -0.2) is 42.2 Å². The molecule has 0 aliphatic carbocycles. The molecule has 0 N–H and O–H groups in total. The zero-order valence-corrected chi connectivity index (χ0v) is 16.9. The van der Waals surface area contributed by atoms with E-state index in [9.17, 15) is 0 Å². The minimum Gasteiger partial charge on any atom is -0.383 e. The van der Waals surface area contributed by atoms with Gasteiger partial charge in [-0.1, -0.05) is 43.9 Å². The van der Waals surface area contributed by atoms with Crippen molar-refractivity contribution in [3.63, 3.8) is 0 Å². The van der Waals surface area contributed by atoms with Crippen molar-refractivity contribution >= 4 is 17.4 Å². The molecule has 0 amide bonds. The topological polar surface area (TPSA) is 41.4 Å². The normalized spacial score (nSPS) is 12.5. The van der Waals surface area contributed by atoms with Gasteiger partial charge in [-0.25, -0.2) is 9.97 Å². The molecule has 1 aromatic heterocycles. The Kier molecular flexibility index (Phi) is 7.24. The molecule has 140 valence electrons. The maximum Gasteiger partial charge on any atom is 0.159 e. The van der Waals surface area contributed by atoms with E-state index in [0.717, 1.165) is 45.8 Å². The Balaban J connectivity index is 2.45. The van der Waals surface area contributed by atoms with Crippen molar-refractivity contribution in [2.75, 3.05) is 21.1 Å². The van der Waals surface area contributed by atoms with Crippen molar-refractivity contribution < 1.29 is 0 Å². The Morgan fingerprint density at radius 2 is 2.04 bits per heavy atom. The van der Waals surface area contributed by atoms with Crippen LogP contribution in [0.15, 0.2) is 60.4 Å². The third-order valence-electron chi connectivity index (χ3n) is 4.05. The highest BCUT2D eigenvalue weighted by atomic mass is 15.0. The lowest BCUT2D eigenvalue weighted by Crippen LogP contribution is -2.02. The predicted octanol–water partition coefficient (Wildman–Crippen LogP) is 5.03. The van der Waals surface area contributed by atoms with Gasteiger partial charge in [0.2, 0.25) is 0 Å². The second-order valence-corrected chi connectivity index (χ2v) is 6.48. The van der Waals surface area contributed by atoms with Crippen molar-refractivity contribution in [1.29, 1.82) is 0 Å². The third kappa shape index (κ3) is 5.23. The van der Waals surface area contributed by atoms with E-state index in [-0.39, 0.29) is 0 Å². The summed E-state index contributed by atoms with van der Waals surface area (Å²) in [5, 5.41) is 0. The van der Waals surface area contributed by atoms with Crippen molar-refractivity contribution in [3.05, 3.63) is 72.2 Å². The van der Waals surface area contributed by atoms with Gasteiger partial charge in [-0.3, -0.25) is 4.99 Å². The highest BCUT2D eigenvalue weighted by molar-refractivity contribution is 6.10. The Bertz CT molecular complexity index is 889. The van der Waals surface area contributed by atoms with E-state index in [0.29, 0.717) is 0 Å². The zero-order chi connectivity index (χ0) is 19.8. The average molecular weight is 361 g/mol. The van der Waals surface area contributed by atoms with Gasteiger partial charge in [-0.05, 0) is 36.1 Å². The summed E-state index contributed by atoms with van der Waals surface area (Å²) in [5.74, 6) is 0.718. The Hall–Kier alpha value is -3.01. The molecule has 0 unspecified atom stereocenters. The lowest BCUT2D eigenvalue weighted by Gasteiger charge is -2.11. The van der Waals surface area contributed by atoms with Gasteiger partial charge in [0, 0.05) is 56.6 Å². The van der Waals surface area contributed by atoms with Crippen molar-refractivity contribution in [1.82, 2.24) is 14.9 Å². The standard InChI is InChI=1S/C23H28N4/c1-7-10-21(14-24-4)22-15-25-23(26-17(22)3)20-12-9-11-19(13-20)18(8-2)16-27(5)6/h8-16H,2,7H2,1,3-6H3/b18-16+,21-10+,24-14?. The van der Waals surface area contributed by atoms with Gasteiger partial charge in [0.15, 0.2) is 5.82 Å². The first kappa shape index (κ1) is 20.3. The summed E-state index contributed by atoms with van der Waals surface area (Å²) in [6.45, 7) is 8.05. The van der Waals surface area contributed by atoms with Crippen LogP contribution < -0.4 is 0 Å². The van der Waals surface area contributed by atoms with E-state index >= 15 is 0 Å². The molecule has 0 aliphatic heterocycles. The molecule has 0 saturated heterocycles. The van der Waals surface area contributed by atoms with Crippen LogP contribution in [0, 0.1) is 6.92 Å². The molecule has 2 rings (SSSR count). The lowest BCUT2D eigenvalue weighted by atomic mass is 10.0. The van der Waals surface area contributed by atoms with Crippen LogP contribution in [0.1, 0.15) is 30.2 Å². The number of aryl methyl sites for hydroxylation is 1. The smallest absolute Gasteiger partial charge is 0.159 e. The lowest BCUT2D eigenvalue weighted by molar-refractivity contribution is 0.566. The van der Waals surface area contributed by atoms with E-state index in [2.05, 4.69) is 41.7 Å². The van der Waals surface area contributed by atoms with E-state index in [1.54, 1.807) is 7.05 Å². The first-order valence-corrected chi connectivity index (χ1v) is 9.08. The highest BCUT2D eigenvalue weighted by Gasteiger charge is 2.09. The zero-order valence-electron chi connectivity index (χ0n) is 16.9. The molecule has 4 nitrogen and oxygen atoms in total. The van der Waals surface area contributed by atoms with Gasteiger partial charge in [0.25, 0.3) is 0 Å². The van der Waals surface area contributed by atoms with Gasteiger partial charge < -0.3 is 4.90 Å². The van der Waals surface area contributed by atoms with E-state index in [4.69, 9.17) is 4.98 Å². The fourth-order valence-corrected chi connectivity index (χ4v) is 2.84. The van der Waals surface area contributed by atoms with E-state index in [1.807, 2.05) is 62.7 Å². The summed E-state index contributed by atoms with van der Waals surface area (Å²) < 4.78 is 0. The second-order valence-electron chi connectivity index (χ2n) is 6.48. The SMILES string of the molecule is C=C/C(=C\N(C)C)c1cccc(-c2ncc(/C(C=NC)=C/CC)c(C)n2)c1. The Morgan fingerprint density at radius 1 is 1.26 bits per heavy atom. The number of rotatable bonds is 7. The summed E-state index contributed by atoms with van der Waals surface area (Å²) in [7, 11) is 5.77. The molecular formula is C23H28N4. The number of allylic oxidation sites excluding steroid dienone is 4. The van der Waals surface area contributed by atoms with Crippen molar-refractivity contribution in [2.24, 2.45) is 4.99 Å². The molecule has 4 heteroatoms. The maximum atomic E-state index is 4.75. The maximum absolute atomic E-state index is 4.75. The predicted molar refractivity (Wildman–Crippen MR) is 117 cm³/mol. The van der Waals surface area contributed by atoms with Gasteiger partial charge in [-0.2, -0.15) is 0 Å². The molecule has 0 aliphatic rings. The summed E-state index contributed by atoms with van der Waals surface area (Å²) in [6.07, 6.45) is 10.7. The van der Waals surface area contributed by atoms with E-state index in [1.165, 1.54) is 0 Å². The molecule has 0 bridgehead atoms. The fraction of sp³-hybridized carbons (Fsp3) is 0.261. The number of hydrogen-bond acceptors (Lipinski definition) is 4. The highest BCUT2D eigenvalue weighted by Crippen LogP contribution is 2.24. The minimum atomic E-state index is 0.718. The summed E-state index contributed by atoms with van der Waals surface area (Å²) >= 11 is 0. The van der Waals surface area contributed by atoms with Crippen LogP contribution in [0.5, 0.6) is 0 Å². The molecule has 0 fully saturated rings. The number of aromatic nitrogens is 2. The molecule has 0 radical (unpaired) electrons. The summed E-state index contributed by atoms with van der Waals surface area (Å²) in [6, 6.07) is 8.23. The molecule has 0 atom stereocenters. The Morgan fingerprint density at radius 3 is 2.63 bits per heavy atom. The van der Waals surface area contributed by atoms with Gasteiger partial charge in [0.1, 0.15) is 0 Å². The second kappa shape index (κ2) is 9.62. The monoisotopic (exact) mass is 360 g/mol. The van der Waals surface area contributed by atoms with Crippen LogP contribution in [0.3, 0.4) is 0 Å². The van der Waals surface area contributed by atoms with Crippen LogP contribution >= 0.6 is 0 Å². The number of aliphatic imine (C=N–C) groups is 1. The van der Waals surface area contributed by atoms with Gasteiger partial charge in [0.05, 0.1) is 0 Å². The van der Waals surface area contributed by atoms with E-state index < -0.39 is 0 Å². The molecule has 1 aromatic carbocycles.